The van der Waals surface area contributed by atoms with E-state index in [4.69, 9.17) is 4.74 Å². The number of ketones is 1. The number of Topliss-reactive ketones (excluding diaryl/α,β-unsaturated/α-hetero) is 1. The number of carbonyl (C=O) groups is 12. The number of carbonyl (C=O) groups excluding carboxylic acids is 12. The maximum absolute atomic E-state index is 16.0. The number of H-pyrrole nitrogens is 1. The maximum Gasteiger partial charge on any atom is 0.248 e. The highest BCUT2D eigenvalue weighted by atomic mass is 16.5. The third-order valence-electron chi connectivity index (χ3n) is 20.4. The average Bonchev–Trinajstić information content (AvgIpc) is 1.45. The van der Waals surface area contributed by atoms with Crippen LogP contribution in [0.4, 0.5) is 0 Å². The van der Waals surface area contributed by atoms with Gasteiger partial charge in [0.25, 0.3) is 0 Å². The van der Waals surface area contributed by atoms with Gasteiger partial charge in [-0.15, -0.1) is 0 Å². The van der Waals surface area contributed by atoms with Gasteiger partial charge in [-0.25, -0.2) is 0 Å². The molecule has 5 rings (SSSR count). The van der Waals surface area contributed by atoms with Crippen molar-refractivity contribution in [3.63, 3.8) is 0 Å². The molecular formula is C82H124N12O14. The zero-order valence-corrected chi connectivity index (χ0v) is 67.8. The molecule has 596 valence electrons. The molecule has 11 amide bonds. The summed E-state index contributed by atoms with van der Waals surface area (Å²) in [4.78, 5) is 194. The molecule has 2 heterocycles. The number of fused-ring (bicyclic) bond motifs is 1. The molecule has 12 atom stereocenters. The van der Waals surface area contributed by atoms with E-state index in [1.54, 1.807) is 88.5 Å². The second-order valence-electron chi connectivity index (χ2n) is 32.1. The number of para-hydroxylation sites is 1. The highest BCUT2D eigenvalue weighted by molar-refractivity contribution is 6.05. The number of hydrogen-bond acceptors (Lipinski definition) is 14. The SMILES string of the molecule is CC[C@H](C)[C@@H]1NC(=O)[C@@H](CC(C)C)N(C)C(=O)CCCN(C)C(=O)C[C@@H](C(=O)c2ccccc2)NC(=O)[C@H](CC(C)C)N(C)C(=O)[C@H](CC(C)C)N(C)C(=O)[C@H]([C@@H](C)O)NC(=O)[C@H](CC(C)C)N(C)C(=O)[C@H](COC(C)(C)C)NC(=O)[C@@H](Cc2c[nH]c3ccccc23)N(C)C(=O)[C@H](Cc2ccccc2)N(C)C1=O. The summed E-state index contributed by atoms with van der Waals surface area (Å²) >= 11 is 0. The molecule has 0 unspecified atom stereocenters. The van der Waals surface area contributed by atoms with E-state index in [2.05, 4.69) is 26.3 Å². The van der Waals surface area contributed by atoms with Crippen molar-refractivity contribution in [2.24, 2.45) is 29.6 Å². The van der Waals surface area contributed by atoms with Crippen LogP contribution < -0.4 is 21.3 Å². The standard InChI is InChI=1S/C82H124N12O14/c1-22-53(10)70-80(106)94(21)67(44-55-32-25-23-26-33-55)79(105)92(19)65(45-57-47-83-59-37-30-29-36-58(57)59)74(100)85-61(48-108-82(12,13)14)77(103)90(17)64(42-51(6)7)76(102)87-71(54(11)95)81(107)93(20)66(43-52(8)9)78(104)91(18)63(41-50(4)5)73(99)84-60(72(98)56-34-27-24-28-35-56)46-69(97)88(15)39-31-38-68(96)89(16)62(40-49(2)3)75(101)86-70/h23-30,32-37,47,49-54,60-67,70-71,83,95H,22,31,38-46,48H2,1-21H3,(H,84,99)(H,85,100)(H,86,101)(H,87,102)/t53-,54+,60-,61-,62+,63-,64-,65+,66-,67-,70-,71-/m0/s1. The van der Waals surface area contributed by atoms with Crippen molar-refractivity contribution in [2.75, 3.05) is 62.5 Å². The number of aliphatic hydroxyl groups excluding tert-OH is 1. The molecule has 1 fully saturated rings. The van der Waals surface area contributed by atoms with Gasteiger partial charge < -0.3 is 70.4 Å². The number of benzene rings is 3. The number of aromatic amines is 1. The zero-order chi connectivity index (χ0) is 80.9. The number of aromatic nitrogens is 1. The minimum Gasteiger partial charge on any atom is -0.391 e. The van der Waals surface area contributed by atoms with Crippen LogP contribution in [0.3, 0.4) is 0 Å². The zero-order valence-electron chi connectivity index (χ0n) is 67.8. The molecule has 0 bridgehead atoms. The Morgan fingerprint density at radius 3 is 1.48 bits per heavy atom. The number of hydrogen-bond donors (Lipinski definition) is 6. The van der Waals surface area contributed by atoms with Crippen molar-refractivity contribution in [1.82, 2.24) is 60.6 Å². The van der Waals surface area contributed by atoms with Gasteiger partial charge in [-0.2, -0.15) is 0 Å². The van der Waals surface area contributed by atoms with Crippen LogP contribution >= 0.6 is 0 Å². The summed E-state index contributed by atoms with van der Waals surface area (Å²) in [6, 6.07) is 10.7. The lowest BCUT2D eigenvalue weighted by Gasteiger charge is -2.38. The molecule has 1 aliphatic rings. The van der Waals surface area contributed by atoms with E-state index in [0.29, 0.717) is 17.5 Å². The van der Waals surface area contributed by atoms with Gasteiger partial charge >= 0.3 is 0 Å². The van der Waals surface area contributed by atoms with Crippen LogP contribution in [-0.4, -0.2) is 250 Å². The van der Waals surface area contributed by atoms with Crippen molar-refractivity contribution in [2.45, 2.75) is 233 Å². The molecular weight excluding hydrogens is 1380 g/mol. The lowest BCUT2D eigenvalue weighted by atomic mass is 9.94. The summed E-state index contributed by atoms with van der Waals surface area (Å²) < 4.78 is 6.29. The average molecular weight is 1500 g/mol. The van der Waals surface area contributed by atoms with Crippen LogP contribution in [0.25, 0.3) is 10.9 Å². The molecule has 1 aromatic heterocycles. The molecule has 6 N–H and O–H groups in total. The van der Waals surface area contributed by atoms with Gasteiger partial charge in [0, 0.05) is 97.8 Å². The maximum atomic E-state index is 16.0. The number of nitrogens with zero attached hydrogens (tertiary/aromatic N) is 7. The number of ether oxygens (including phenoxy) is 1. The van der Waals surface area contributed by atoms with Gasteiger partial charge in [0.05, 0.1) is 24.7 Å². The van der Waals surface area contributed by atoms with E-state index in [9.17, 15) is 24.3 Å². The van der Waals surface area contributed by atoms with Crippen LogP contribution in [0, 0.1) is 29.6 Å². The van der Waals surface area contributed by atoms with Gasteiger partial charge in [-0.3, -0.25) is 57.5 Å². The lowest BCUT2D eigenvalue weighted by molar-refractivity contribution is -0.152. The largest absolute Gasteiger partial charge is 0.391 e. The first-order chi connectivity index (χ1) is 50.6. The molecule has 1 aliphatic heterocycles. The first-order valence-electron chi connectivity index (χ1n) is 38.1. The van der Waals surface area contributed by atoms with Crippen molar-refractivity contribution in [3.05, 3.63) is 108 Å². The topological polar surface area (TPSA) is 321 Å². The van der Waals surface area contributed by atoms with Crippen molar-refractivity contribution in [3.8, 4) is 0 Å². The Bertz CT molecular complexity index is 3710. The second-order valence-corrected chi connectivity index (χ2v) is 32.1. The monoisotopic (exact) mass is 1500 g/mol. The van der Waals surface area contributed by atoms with Gasteiger partial charge in [0.15, 0.2) is 5.78 Å². The van der Waals surface area contributed by atoms with Gasteiger partial charge in [0.2, 0.25) is 65.0 Å². The Hall–Kier alpha value is -9.04. The number of rotatable bonds is 19. The highest BCUT2D eigenvalue weighted by Crippen LogP contribution is 2.27. The van der Waals surface area contributed by atoms with Crippen molar-refractivity contribution in [1.29, 1.82) is 0 Å². The van der Waals surface area contributed by atoms with Crippen molar-refractivity contribution < 1.29 is 67.4 Å². The number of likely N-dealkylation sites (N-methyl/N-ethyl adjacent to an activating group) is 6. The molecule has 1 saturated heterocycles. The second kappa shape index (κ2) is 41.0. The van der Waals surface area contributed by atoms with Crippen molar-refractivity contribution >= 4 is 81.7 Å². The Kier molecular flexibility index (Phi) is 34.0. The fraction of sp³-hybridized carbons (Fsp3) is 0.610. The lowest BCUT2D eigenvalue weighted by Crippen LogP contribution is -2.63. The Morgan fingerprint density at radius 1 is 0.500 bits per heavy atom. The van der Waals surface area contributed by atoms with E-state index >= 15 is 38.4 Å². The first-order valence-corrected chi connectivity index (χ1v) is 38.1. The summed E-state index contributed by atoms with van der Waals surface area (Å²) in [5.41, 5.74) is 1.32. The van der Waals surface area contributed by atoms with E-state index in [1.807, 2.05) is 92.6 Å². The van der Waals surface area contributed by atoms with Crippen LogP contribution in [0.1, 0.15) is 170 Å². The Labute approximate surface area is 639 Å². The Balaban J connectivity index is 1.73. The molecule has 0 radical (unpaired) electrons. The van der Waals surface area contributed by atoms with E-state index in [-0.39, 0.29) is 87.1 Å². The van der Waals surface area contributed by atoms with Crippen LogP contribution in [0.2, 0.25) is 0 Å². The first kappa shape index (κ1) is 89.6. The Morgan fingerprint density at radius 2 is 0.944 bits per heavy atom. The minimum atomic E-state index is -1.72. The normalized spacial score (nSPS) is 23.9. The van der Waals surface area contributed by atoms with Gasteiger partial charge in [0.1, 0.15) is 60.4 Å². The van der Waals surface area contributed by atoms with Crippen LogP contribution in [0.5, 0.6) is 0 Å². The fourth-order valence-electron chi connectivity index (χ4n) is 13.5. The number of nitrogens with one attached hydrogen (secondary N) is 5. The van der Waals surface area contributed by atoms with Crippen LogP contribution in [0.15, 0.2) is 91.1 Å². The molecule has 108 heavy (non-hydrogen) atoms. The number of aliphatic hydroxyl groups is 1. The van der Waals surface area contributed by atoms with Gasteiger partial charge in [-0.05, 0) is 107 Å². The van der Waals surface area contributed by atoms with E-state index in [0.717, 1.165) is 20.7 Å². The summed E-state index contributed by atoms with van der Waals surface area (Å²) in [6.45, 7) is 24.6. The molecule has 0 spiro atoms. The highest BCUT2D eigenvalue weighted by Gasteiger charge is 2.45. The predicted octanol–water partition coefficient (Wildman–Crippen LogP) is 6.81. The number of amides is 11. The molecule has 4 aromatic rings. The fourth-order valence-corrected chi connectivity index (χ4v) is 13.5. The predicted molar refractivity (Wildman–Crippen MR) is 416 cm³/mol. The minimum absolute atomic E-state index is 0.00105. The third-order valence-corrected chi connectivity index (χ3v) is 20.4. The quantitative estimate of drug-likeness (QED) is 0.0526. The van der Waals surface area contributed by atoms with Crippen LogP contribution in [-0.2, 0) is 70.3 Å². The summed E-state index contributed by atoms with van der Waals surface area (Å²) in [5, 5.41) is 23.8. The molecule has 3 aromatic carbocycles. The third kappa shape index (κ3) is 25.0. The molecule has 0 saturated carbocycles. The molecule has 0 aliphatic carbocycles. The summed E-state index contributed by atoms with van der Waals surface area (Å²) in [7, 11) is 10.1. The van der Waals surface area contributed by atoms with E-state index < -0.39 is 162 Å². The summed E-state index contributed by atoms with van der Waals surface area (Å²) in [5.74, 6) is -9.74. The molecule has 26 nitrogen and oxygen atoms in total. The smallest absolute Gasteiger partial charge is 0.248 e. The van der Waals surface area contributed by atoms with Gasteiger partial charge in [-0.1, -0.05) is 155 Å². The molecule has 26 heteroatoms. The van der Waals surface area contributed by atoms with E-state index in [1.165, 1.54) is 80.8 Å². The summed E-state index contributed by atoms with van der Waals surface area (Å²) in [6.07, 6.45) is 0.107.